The highest BCUT2D eigenvalue weighted by molar-refractivity contribution is 5.66. The Bertz CT molecular complexity index is 611. The number of hydrogen-bond donors (Lipinski definition) is 1. The van der Waals surface area contributed by atoms with Crippen molar-refractivity contribution < 1.29 is 13.5 Å². The van der Waals surface area contributed by atoms with Gasteiger partial charge in [0.05, 0.1) is 13.4 Å². The second-order valence-corrected chi connectivity index (χ2v) is 3.24. The van der Waals surface area contributed by atoms with Crippen LogP contribution in [-0.2, 0) is 0 Å². The summed E-state index contributed by atoms with van der Waals surface area (Å²) in [6.45, 7) is 0. The number of aromatic amines is 1. The van der Waals surface area contributed by atoms with Gasteiger partial charge in [-0.2, -0.15) is 0 Å². The lowest BCUT2D eigenvalue weighted by Gasteiger charge is -2.06. The lowest BCUT2D eigenvalue weighted by Crippen LogP contribution is -2.11. The molecule has 1 N–H and O–H groups in total. The molecule has 0 atom stereocenters. The van der Waals surface area contributed by atoms with Crippen LogP contribution in [0, 0.1) is 11.6 Å². The van der Waals surface area contributed by atoms with Crippen LogP contribution in [0.4, 0.5) is 8.78 Å². The van der Waals surface area contributed by atoms with Crippen molar-refractivity contribution >= 4 is 0 Å². The molecule has 17 heavy (non-hydrogen) atoms. The minimum atomic E-state index is -0.678. The summed E-state index contributed by atoms with van der Waals surface area (Å²) < 4.78 is 31.4. The SMILES string of the molecule is COc1c(-c2cc(F)ccc2F)nc[nH]c1=O. The Hall–Kier alpha value is -2.24. The monoisotopic (exact) mass is 238 g/mol. The van der Waals surface area contributed by atoms with Crippen molar-refractivity contribution in [2.24, 2.45) is 0 Å². The molecule has 2 rings (SSSR count). The Balaban J connectivity index is 2.72. The highest BCUT2D eigenvalue weighted by atomic mass is 19.1. The third-order valence-corrected chi connectivity index (χ3v) is 2.20. The molecule has 1 aromatic carbocycles. The van der Waals surface area contributed by atoms with Crippen molar-refractivity contribution in [2.75, 3.05) is 7.11 Å². The average Bonchev–Trinajstić information content (AvgIpc) is 2.32. The van der Waals surface area contributed by atoms with Crippen LogP contribution < -0.4 is 10.3 Å². The van der Waals surface area contributed by atoms with Gasteiger partial charge in [-0.05, 0) is 18.2 Å². The van der Waals surface area contributed by atoms with Crippen LogP contribution in [0.3, 0.4) is 0 Å². The predicted octanol–water partition coefficient (Wildman–Crippen LogP) is 1.72. The molecule has 1 heterocycles. The number of nitrogens with one attached hydrogen (secondary N) is 1. The van der Waals surface area contributed by atoms with Gasteiger partial charge in [-0.15, -0.1) is 0 Å². The van der Waals surface area contributed by atoms with Crippen molar-refractivity contribution in [3.05, 3.63) is 46.5 Å². The molecule has 0 aliphatic carbocycles. The number of methoxy groups -OCH3 is 1. The van der Waals surface area contributed by atoms with Gasteiger partial charge in [0.2, 0.25) is 5.75 Å². The lowest BCUT2D eigenvalue weighted by molar-refractivity contribution is 0.407. The van der Waals surface area contributed by atoms with E-state index in [-0.39, 0.29) is 17.0 Å². The number of ether oxygens (including phenoxy) is 1. The molecule has 0 bridgehead atoms. The zero-order chi connectivity index (χ0) is 12.4. The van der Waals surface area contributed by atoms with Crippen LogP contribution in [0.1, 0.15) is 0 Å². The quantitative estimate of drug-likeness (QED) is 0.866. The van der Waals surface area contributed by atoms with Crippen LogP contribution in [0.25, 0.3) is 11.3 Å². The van der Waals surface area contributed by atoms with E-state index >= 15 is 0 Å². The lowest BCUT2D eigenvalue weighted by atomic mass is 10.1. The van der Waals surface area contributed by atoms with E-state index in [1.54, 1.807) is 0 Å². The maximum absolute atomic E-state index is 13.5. The Morgan fingerprint density at radius 1 is 1.35 bits per heavy atom. The van der Waals surface area contributed by atoms with Crippen LogP contribution in [0.5, 0.6) is 5.75 Å². The van der Waals surface area contributed by atoms with Crippen molar-refractivity contribution in [1.82, 2.24) is 9.97 Å². The Kier molecular flexibility index (Phi) is 2.86. The van der Waals surface area contributed by atoms with Gasteiger partial charge in [0.15, 0.2) is 0 Å². The maximum Gasteiger partial charge on any atom is 0.293 e. The first-order valence-electron chi connectivity index (χ1n) is 4.70. The van der Waals surface area contributed by atoms with E-state index in [1.807, 2.05) is 0 Å². The molecule has 88 valence electrons. The van der Waals surface area contributed by atoms with E-state index in [0.29, 0.717) is 0 Å². The van der Waals surface area contributed by atoms with Gasteiger partial charge in [0.25, 0.3) is 5.56 Å². The molecule has 6 heteroatoms. The number of benzene rings is 1. The first-order valence-corrected chi connectivity index (χ1v) is 4.70. The molecular formula is C11H8F2N2O2. The fourth-order valence-corrected chi connectivity index (χ4v) is 1.45. The van der Waals surface area contributed by atoms with Gasteiger partial charge in [-0.25, -0.2) is 13.8 Å². The molecule has 0 aliphatic rings. The molecule has 0 saturated heterocycles. The van der Waals surface area contributed by atoms with E-state index in [1.165, 1.54) is 7.11 Å². The van der Waals surface area contributed by atoms with E-state index in [2.05, 4.69) is 9.97 Å². The summed E-state index contributed by atoms with van der Waals surface area (Å²) in [5.74, 6) is -1.45. The molecule has 0 radical (unpaired) electrons. The van der Waals surface area contributed by atoms with Gasteiger partial charge >= 0.3 is 0 Å². The zero-order valence-corrected chi connectivity index (χ0v) is 8.83. The number of aromatic nitrogens is 2. The topological polar surface area (TPSA) is 55.0 Å². The maximum atomic E-state index is 13.5. The summed E-state index contributed by atoms with van der Waals surface area (Å²) in [5.41, 5.74) is -0.706. The predicted molar refractivity (Wildman–Crippen MR) is 56.8 cm³/mol. The Labute approximate surface area is 94.9 Å². The van der Waals surface area contributed by atoms with Gasteiger partial charge in [-0.1, -0.05) is 0 Å². The van der Waals surface area contributed by atoms with Crippen molar-refractivity contribution in [3.63, 3.8) is 0 Å². The molecule has 0 fully saturated rings. The van der Waals surface area contributed by atoms with E-state index in [4.69, 9.17) is 4.74 Å². The third-order valence-electron chi connectivity index (χ3n) is 2.20. The molecule has 0 saturated carbocycles. The van der Waals surface area contributed by atoms with E-state index in [9.17, 15) is 13.6 Å². The Morgan fingerprint density at radius 2 is 2.12 bits per heavy atom. The minimum Gasteiger partial charge on any atom is -0.490 e. The average molecular weight is 238 g/mol. The smallest absolute Gasteiger partial charge is 0.293 e. The molecule has 2 aromatic rings. The van der Waals surface area contributed by atoms with Gasteiger partial charge in [0, 0.05) is 5.56 Å². The normalized spacial score (nSPS) is 10.3. The molecule has 1 aromatic heterocycles. The fraction of sp³-hybridized carbons (Fsp3) is 0.0909. The standard InChI is InChI=1S/C11H8F2N2O2/c1-17-10-9(14-5-15-11(10)16)7-4-6(12)2-3-8(7)13/h2-5H,1H3,(H,14,15,16). The van der Waals surface area contributed by atoms with Gasteiger partial charge in [0.1, 0.15) is 17.3 Å². The number of rotatable bonds is 2. The number of hydrogen-bond acceptors (Lipinski definition) is 3. The van der Waals surface area contributed by atoms with Crippen molar-refractivity contribution in [1.29, 1.82) is 0 Å². The largest absolute Gasteiger partial charge is 0.490 e. The molecule has 0 aliphatic heterocycles. The van der Waals surface area contributed by atoms with Crippen LogP contribution in [0.2, 0.25) is 0 Å². The summed E-state index contributed by atoms with van der Waals surface area (Å²) >= 11 is 0. The highest BCUT2D eigenvalue weighted by Gasteiger charge is 2.15. The first kappa shape index (κ1) is 11.3. The molecular weight excluding hydrogens is 230 g/mol. The number of H-pyrrole nitrogens is 1. The number of nitrogens with zero attached hydrogens (tertiary/aromatic N) is 1. The molecule has 0 amide bonds. The molecule has 0 spiro atoms. The minimum absolute atomic E-state index is 0.0340. The summed E-state index contributed by atoms with van der Waals surface area (Å²) in [7, 11) is 1.26. The van der Waals surface area contributed by atoms with Crippen molar-refractivity contribution in [3.8, 4) is 17.0 Å². The second kappa shape index (κ2) is 4.32. The summed E-state index contributed by atoms with van der Waals surface area (Å²) in [4.78, 5) is 17.5. The van der Waals surface area contributed by atoms with Crippen LogP contribution in [0.15, 0.2) is 29.3 Å². The van der Waals surface area contributed by atoms with Crippen LogP contribution >= 0.6 is 0 Å². The van der Waals surface area contributed by atoms with E-state index in [0.717, 1.165) is 24.5 Å². The van der Waals surface area contributed by atoms with E-state index < -0.39 is 17.2 Å². The summed E-state index contributed by atoms with van der Waals surface area (Å²) in [5, 5.41) is 0. The second-order valence-electron chi connectivity index (χ2n) is 3.24. The van der Waals surface area contributed by atoms with Crippen molar-refractivity contribution in [2.45, 2.75) is 0 Å². The third kappa shape index (κ3) is 2.01. The fourth-order valence-electron chi connectivity index (χ4n) is 1.45. The van der Waals surface area contributed by atoms with Gasteiger partial charge in [-0.3, -0.25) is 4.79 Å². The number of halogens is 2. The van der Waals surface area contributed by atoms with Gasteiger partial charge < -0.3 is 9.72 Å². The summed E-state index contributed by atoms with van der Waals surface area (Å²) in [6, 6.07) is 2.91. The summed E-state index contributed by atoms with van der Waals surface area (Å²) in [6.07, 6.45) is 1.10. The molecule has 4 nitrogen and oxygen atoms in total. The zero-order valence-electron chi connectivity index (χ0n) is 8.83. The van der Waals surface area contributed by atoms with Crippen LogP contribution in [-0.4, -0.2) is 17.1 Å². The highest BCUT2D eigenvalue weighted by Crippen LogP contribution is 2.26. The first-order chi connectivity index (χ1) is 8.13. The molecule has 0 unspecified atom stereocenters. The Morgan fingerprint density at radius 3 is 2.82 bits per heavy atom.